The smallest absolute Gasteiger partial charge is 0.223 e. The number of aliphatic hydroxyl groups excluding tert-OH is 1. The molecule has 1 aromatic carbocycles. The summed E-state index contributed by atoms with van der Waals surface area (Å²) < 4.78 is 21.8. The van der Waals surface area contributed by atoms with Gasteiger partial charge in [-0.3, -0.25) is 4.79 Å². The van der Waals surface area contributed by atoms with Crippen molar-refractivity contribution in [3.05, 3.63) is 23.8 Å². The molecule has 0 aromatic heterocycles. The monoisotopic (exact) mass is 536 g/mol. The van der Waals surface area contributed by atoms with Crippen molar-refractivity contribution in [1.29, 1.82) is 0 Å². The van der Waals surface area contributed by atoms with E-state index < -0.39 is 12.1 Å². The van der Waals surface area contributed by atoms with E-state index in [0.29, 0.717) is 57.5 Å². The minimum atomic E-state index is -0.757. The second kappa shape index (κ2) is 15.7. The summed E-state index contributed by atoms with van der Waals surface area (Å²) in [6, 6.07) is 5.62. The minimum absolute atomic E-state index is 0.00692. The number of hydrogen-bond acceptors (Lipinski definition) is 7. The van der Waals surface area contributed by atoms with Gasteiger partial charge in [-0.1, -0.05) is 40.7 Å². The van der Waals surface area contributed by atoms with E-state index >= 15 is 0 Å². The number of carbonyl (C=O) groups excluding carboxylic acids is 1. The predicted octanol–water partition coefficient (Wildman–Crippen LogP) is 3.82. The van der Waals surface area contributed by atoms with Crippen LogP contribution in [0.25, 0.3) is 0 Å². The highest BCUT2D eigenvalue weighted by molar-refractivity contribution is 5.79. The van der Waals surface area contributed by atoms with Gasteiger partial charge in [0.1, 0.15) is 0 Å². The Kier molecular flexibility index (Phi) is 13.3. The number of nitrogens with two attached hydrogens (primary N) is 1. The van der Waals surface area contributed by atoms with Gasteiger partial charge in [0, 0.05) is 44.1 Å². The van der Waals surface area contributed by atoms with E-state index in [1.54, 1.807) is 14.2 Å². The van der Waals surface area contributed by atoms with Crippen molar-refractivity contribution in [2.24, 2.45) is 34.8 Å². The number of nitrogens with one attached hydrogen (secondary N) is 1. The number of ether oxygens (including phenoxy) is 4. The lowest BCUT2D eigenvalue weighted by Crippen LogP contribution is -2.50. The van der Waals surface area contributed by atoms with Crippen molar-refractivity contribution >= 4 is 5.91 Å². The zero-order chi connectivity index (χ0) is 28.3. The molecule has 4 atom stereocenters. The first kappa shape index (κ1) is 32.3. The van der Waals surface area contributed by atoms with Gasteiger partial charge in [0.2, 0.25) is 5.91 Å². The van der Waals surface area contributed by atoms with E-state index in [1.807, 2.05) is 26.0 Å². The molecule has 8 heteroatoms. The summed E-state index contributed by atoms with van der Waals surface area (Å²) in [4.78, 5) is 13.0. The fourth-order valence-electron chi connectivity index (χ4n) is 4.85. The molecular formula is C30H52N2O6. The molecule has 8 nitrogen and oxygen atoms in total. The van der Waals surface area contributed by atoms with Crippen LogP contribution < -0.4 is 20.5 Å². The van der Waals surface area contributed by atoms with Gasteiger partial charge in [-0.25, -0.2) is 0 Å². The van der Waals surface area contributed by atoms with Gasteiger partial charge < -0.3 is 35.1 Å². The highest BCUT2D eigenvalue weighted by atomic mass is 16.5. The van der Waals surface area contributed by atoms with Crippen LogP contribution in [0, 0.1) is 29.1 Å². The van der Waals surface area contributed by atoms with Crippen LogP contribution in [0.1, 0.15) is 59.4 Å². The number of carbonyl (C=O) groups is 1. The highest BCUT2D eigenvalue weighted by Crippen LogP contribution is 2.32. The molecule has 1 heterocycles. The average molecular weight is 537 g/mol. The van der Waals surface area contributed by atoms with Crippen LogP contribution in [0.4, 0.5) is 0 Å². The van der Waals surface area contributed by atoms with Gasteiger partial charge in [0.25, 0.3) is 0 Å². The maximum absolute atomic E-state index is 13.0. The Balaban J connectivity index is 1.99. The first-order valence-electron chi connectivity index (χ1n) is 14.1. The lowest BCUT2D eigenvalue weighted by molar-refractivity contribution is -0.132. The van der Waals surface area contributed by atoms with Crippen molar-refractivity contribution in [1.82, 2.24) is 5.32 Å². The van der Waals surface area contributed by atoms with Crippen LogP contribution in [-0.2, 0) is 20.7 Å². The molecule has 1 aromatic rings. The fourth-order valence-corrected chi connectivity index (χ4v) is 4.85. The maximum Gasteiger partial charge on any atom is 0.223 e. The summed E-state index contributed by atoms with van der Waals surface area (Å²) in [6.45, 7) is 13.6. The van der Waals surface area contributed by atoms with E-state index in [0.717, 1.165) is 24.2 Å². The van der Waals surface area contributed by atoms with Crippen LogP contribution in [0.2, 0.25) is 0 Å². The van der Waals surface area contributed by atoms with Crippen molar-refractivity contribution in [2.75, 3.05) is 47.2 Å². The molecule has 218 valence electrons. The van der Waals surface area contributed by atoms with Crippen LogP contribution in [0.15, 0.2) is 18.2 Å². The third kappa shape index (κ3) is 10.0. The number of amides is 1. The van der Waals surface area contributed by atoms with Gasteiger partial charge in [0.15, 0.2) is 11.5 Å². The molecule has 0 bridgehead atoms. The molecular weight excluding hydrogens is 484 g/mol. The second-order valence-electron chi connectivity index (χ2n) is 12.0. The molecule has 0 aliphatic carbocycles. The first-order valence-corrected chi connectivity index (χ1v) is 14.1. The van der Waals surface area contributed by atoms with Crippen molar-refractivity contribution in [3.63, 3.8) is 0 Å². The number of aliphatic hydroxyl groups is 1. The Labute approximate surface area is 229 Å². The van der Waals surface area contributed by atoms with Crippen molar-refractivity contribution in [3.8, 4) is 11.5 Å². The molecule has 38 heavy (non-hydrogen) atoms. The van der Waals surface area contributed by atoms with Gasteiger partial charge in [0.05, 0.1) is 33.0 Å². The van der Waals surface area contributed by atoms with Crippen LogP contribution in [0.3, 0.4) is 0 Å². The zero-order valence-electron chi connectivity index (χ0n) is 24.6. The largest absolute Gasteiger partial charge is 0.493 e. The Morgan fingerprint density at radius 3 is 2.37 bits per heavy atom. The van der Waals surface area contributed by atoms with Gasteiger partial charge in [-0.05, 0) is 54.7 Å². The maximum atomic E-state index is 13.0. The third-order valence-corrected chi connectivity index (χ3v) is 7.72. The summed E-state index contributed by atoms with van der Waals surface area (Å²) >= 11 is 0. The van der Waals surface area contributed by atoms with Gasteiger partial charge in [-0.2, -0.15) is 0 Å². The summed E-state index contributed by atoms with van der Waals surface area (Å²) in [5.74, 6) is 1.85. The standard InChI is InChI=1S/C30H52N2O6/c1-20(2)23(13-22-9-10-27(36-7)28(14-22)38-12-8-11-35-6)15-25(31)26(33)16-24(21(3)4)29(34)32-17-30(5)18-37-19-30/h9-10,14,20-21,23-26,33H,8,11-13,15-19,31H2,1-7H3,(H,32,34)/t23-,24-,25-,26-/m0/s1. The number of methoxy groups -OCH3 is 2. The number of hydrogen-bond donors (Lipinski definition) is 3. The van der Waals surface area contributed by atoms with Crippen LogP contribution in [0.5, 0.6) is 11.5 Å². The molecule has 0 radical (unpaired) electrons. The van der Waals surface area contributed by atoms with Crippen molar-refractivity contribution in [2.45, 2.75) is 72.4 Å². The van der Waals surface area contributed by atoms with Gasteiger partial charge >= 0.3 is 0 Å². The molecule has 0 saturated carbocycles. The van der Waals surface area contributed by atoms with Gasteiger partial charge in [-0.15, -0.1) is 0 Å². The molecule has 1 saturated heterocycles. The van der Waals surface area contributed by atoms with Crippen LogP contribution in [-0.4, -0.2) is 70.4 Å². The van der Waals surface area contributed by atoms with E-state index in [2.05, 4.69) is 32.2 Å². The van der Waals surface area contributed by atoms with E-state index in [-0.39, 0.29) is 29.1 Å². The normalized spacial score (nSPS) is 18.0. The third-order valence-electron chi connectivity index (χ3n) is 7.72. The minimum Gasteiger partial charge on any atom is -0.493 e. The fraction of sp³-hybridized carbons (Fsp3) is 0.767. The Hall–Kier alpha value is -1.87. The second-order valence-corrected chi connectivity index (χ2v) is 12.0. The van der Waals surface area contributed by atoms with E-state index in [4.69, 9.17) is 24.7 Å². The molecule has 1 aliphatic heterocycles. The number of benzene rings is 1. The molecule has 0 spiro atoms. The zero-order valence-corrected chi connectivity index (χ0v) is 24.6. The lowest BCUT2D eigenvalue weighted by Gasteiger charge is -2.38. The average Bonchev–Trinajstić information content (AvgIpc) is 2.86. The Morgan fingerprint density at radius 1 is 1.11 bits per heavy atom. The summed E-state index contributed by atoms with van der Waals surface area (Å²) in [7, 11) is 3.32. The van der Waals surface area contributed by atoms with Crippen molar-refractivity contribution < 1.29 is 28.8 Å². The highest BCUT2D eigenvalue weighted by Gasteiger charge is 2.35. The Bertz CT molecular complexity index is 842. The van der Waals surface area contributed by atoms with E-state index in [1.165, 1.54) is 0 Å². The SMILES string of the molecule is COCCCOc1cc(C[C@@H](C[C@H](N)[C@@H](O)C[C@H](C(=O)NCC2(C)COC2)C(C)C)C(C)C)ccc1OC. The molecule has 2 rings (SSSR count). The molecule has 1 aliphatic rings. The molecule has 1 amide bonds. The molecule has 1 fully saturated rings. The summed E-state index contributed by atoms with van der Waals surface area (Å²) in [5, 5.41) is 14.1. The summed E-state index contributed by atoms with van der Waals surface area (Å²) in [5.41, 5.74) is 7.69. The lowest BCUT2D eigenvalue weighted by atomic mass is 9.80. The number of rotatable bonds is 18. The molecule has 4 N–H and O–H groups in total. The predicted molar refractivity (Wildman–Crippen MR) is 150 cm³/mol. The van der Waals surface area contributed by atoms with E-state index in [9.17, 15) is 9.90 Å². The quantitative estimate of drug-likeness (QED) is 0.245. The first-order chi connectivity index (χ1) is 18.0. The molecule has 0 unspecified atom stereocenters. The van der Waals surface area contributed by atoms with Crippen LogP contribution >= 0.6 is 0 Å². The topological polar surface area (TPSA) is 112 Å². The Morgan fingerprint density at radius 2 is 1.82 bits per heavy atom. The summed E-state index contributed by atoms with van der Waals surface area (Å²) in [6.07, 6.45) is 1.87.